The maximum Gasteiger partial charge on any atom is 0.229 e. The first-order valence-corrected chi connectivity index (χ1v) is 12.7. The topological polar surface area (TPSA) is 229 Å². The van der Waals surface area contributed by atoms with Crippen LogP contribution in [0.2, 0.25) is 0 Å². The Balaban J connectivity index is 1.29. The van der Waals surface area contributed by atoms with E-state index in [0.29, 0.717) is 5.56 Å². The van der Waals surface area contributed by atoms with Gasteiger partial charge < -0.3 is 64.2 Å². The third-order valence-corrected chi connectivity index (χ3v) is 7.12. The average molecular weight is 579 g/mol. The van der Waals surface area contributed by atoms with Gasteiger partial charge in [0.05, 0.1) is 24.2 Å². The molecule has 2 fully saturated rings. The fraction of sp³-hybridized carbons (Fsp3) is 0.444. The van der Waals surface area contributed by atoms with Crippen LogP contribution in [0.4, 0.5) is 0 Å². The second-order valence-corrected chi connectivity index (χ2v) is 9.85. The Kier molecular flexibility index (Phi) is 8.58. The molecule has 0 aliphatic carbocycles. The van der Waals surface area contributed by atoms with Crippen LogP contribution in [0.25, 0.3) is 22.1 Å². The van der Waals surface area contributed by atoms with Gasteiger partial charge in [-0.1, -0.05) is 12.1 Å². The lowest BCUT2D eigenvalue weighted by atomic mass is 9.98. The summed E-state index contributed by atoms with van der Waals surface area (Å²) >= 11 is 0. The van der Waals surface area contributed by atoms with Gasteiger partial charge >= 0.3 is 0 Å². The summed E-state index contributed by atoms with van der Waals surface area (Å²) in [7, 11) is 0. The number of ether oxygens (including phenoxy) is 4. The zero-order chi connectivity index (χ0) is 29.4. The molecule has 10 atom stereocenters. The Morgan fingerprint density at radius 3 is 2.07 bits per heavy atom. The number of aromatic hydroxyl groups is 1. The second kappa shape index (κ2) is 12.0. The van der Waals surface area contributed by atoms with E-state index in [1.807, 2.05) is 0 Å². The molecule has 0 saturated carbocycles. The fourth-order valence-corrected chi connectivity index (χ4v) is 4.70. The minimum Gasteiger partial charge on any atom is -0.508 e. The highest BCUT2D eigenvalue weighted by molar-refractivity contribution is 5.82. The first-order chi connectivity index (χ1) is 19.6. The van der Waals surface area contributed by atoms with Crippen LogP contribution in [-0.4, -0.2) is 115 Å². The minimum atomic E-state index is -1.73. The lowest BCUT2D eigenvalue weighted by Crippen LogP contribution is -2.62. The Morgan fingerprint density at radius 1 is 0.756 bits per heavy atom. The lowest BCUT2D eigenvalue weighted by Gasteiger charge is -2.42. The van der Waals surface area contributed by atoms with Crippen molar-refractivity contribution >= 4 is 11.0 Å². The Hall–Kier alpha value is -3.15. The Bertz CT molecular complexity index is 1390. The molecule has 3 aromatic rings. The van der Waals surface area contributed by atoms with Crippen molar-refractivity contribution in [3.05, 3.63) is 59.0 Å². The van der Waals surface area contributed by atoms with Gasteiger partial charge in [-0.3, -0.25) is 4.79 Å². The Labute approximate surface area is 231 Å². The maximum absolute atomic E-state index is 13.0. The number of hydrogen-bond donors (Lipinski definition) is 8. The van der Waals surface area contributed by atoms with E-state index in [-0.39, 0.29) is 33.5 Å². The van der Waals surface area contributed by atoms with Gasteiger partial charge in [0.1, 0.15) is 72.2 Å². The van der Waals surface area contributed by atoms with E-state index in [1.54, 1.807) is 12.1 Å². The van der Waals surface area contributed by atoms with Crippen LogP contribution in [0.5, 0.6) is 11.5 Å². The van der Waals surface area contributed by atoms with Gasteiger partial charge in [-0.15, -0.1) is 0 Å². The molecule has 2 saturated heterocycles. The largest absolute Gasteiger partial charge is 0.508 e. The van der Waals surface area contributed by atoms with E-state index >= 15 is 0 Å². The SMILES string of the molecule is O=c1c(-c2ccc(O)cc2)coc2cc(O[C@@H]3O[C@H](CO[C@@H]4O[C@H](CO)[C@@H](O)[C@H](O)[C@H]4O)[C@@H](O)[C@H](O)[C@H]3O)ccc12. The molecule has 41 heavy (non-hydrogen) atoms. The van der Waals surface area contributed by atoms with Crippen LogP contribution in [0.1, 0.15) is 0 Å². The van der Waals surface area contributed by atoms with E-state index in [1.165, 1.54) is 36.6 Å². The molecule has 1 aromatic heterocycles. The number of benzene rings is 2. The molecule has 3 heterocycles. The number of aliphatic hydroxyl groups excluding tert-OH is 7. The quantitative estimate of drug-likeness (QED) is 0.154. The molecule has 5 rings (SSSR count). The summed E-state index contributed by atoms with van der Waals surface area (Å²) < 4.78 is 27.6. The molecule has 0 spiro atoms. The second-order valence-electron chi connectivity index (χ2n) is 9.85. The monoisotopic (exact) mass is 578 g/mol. The van der Waals surface area contributed by atoms with Gasteiger partial charge in [-0.2, -0.15) is 0 Å². The summed E-state index contributed by atoms with van der Waals surface area (Å²) in [5.74, 6) is 0.146. The minimum absolute atomic E-state index is 0.0492. The highest BCUT2D eigenvalue weighted by Gasteiger charge is 2.47. The van der Waals surface area contributed by atoms with Crippen molar-refractivity contribution in [1.29, 1.82) is 0 Å². The molecular formula is C27H30O14. The van der Waals surface area contributed by atoms with Crippen molar-refractivity contribution in [2.75, 3.05) is 13.2 Å². The summed E-state index contributed by atoms with van der Waals surface area (Å²) in [5, 5.41) is 80.3. The van der Waals surface area contributed by atoms with Gasteiger partial charge in [0, 0.05) is 6.07 Å². The Morgan fingerprint density at radius 2 is 1.39 bits per heavy atom. The molecule has 14 heteroatoms. The first kappa shape index (κ1) is 29.3. The van der Waals surface area contributed by atoms with Crippen molar-refractivity contribution < 1.29 is 64.2 Å². The summed E-state index contributed by atoms with van der Waals surface area (Å²) in [5.41, 5.74) is 0.642. The van der Waals surface area contributed by atoms with E-state index in [4.69, 9.17) is 23.4 Å². The van der Waals surface area contributed by atoms with Gasteiger partial charge in [-0.25, -0.2) is 0 Å². The standard InChI is InChI=1S/C27H30O14/c28-8-17-20(31)22(33)24(35)26(40-17)38-10-18-21(32)23(34)25(36)27(41-18)39-13-5-6-14-16(7-13)37-9-15(19(14)30)11-1-3-12(29)4-2-11/h1-7,9,17-18,20-29,31-36H,8,10H2/t17-,18-,20-,21-,22+,23+,24-,25-,26-,27-/m1/s1. The third-order valence-electron chi connectivity index (χ3n) is 7.12. The van der Waals surface area contributed by atoms with Crippen LogP contribution in [0.3, 0.4) is 0 Å². The number of fused-ring (bicyclic) bond motifs is 1. The number of phenols is 1. The van der Waals surface area contributed by atoms with E-state index in [0.717, 1.165) is 0 Å². The van der Waals surface area contributed by atoms with Gasteiger partial charge in [0.2, 0.25) is 6.29 Å². The predicted octanol–water partition coefficient (Wildman–Crippen LogP) is -1.83. The fourth-order valence-electron chi connectivity index (χ4n) is 4.70. The third kappa shape index (κ3) is 5.80. The van der Waals surface area contributed by atoms with Crippen molar-refractivity contribution in [2.45, 2.75) is 61.4 Å². The van der Waals surface area contributed by atoms with Gasteiger partial charge in [-0.05, 0) is 29.8 Å². The summed E-state index contributed by atoms with van der Waals surface area (Å²) in [6.07, 6.45) is -14.3. The molecule has 0 amide bonds. The first-order valence-electron chi connectivity index (χ1n) is 12.7. The van der Waals surface area contributed by atoms with Gasteiger partial charge in [0.15, 0.2) is 11.7 Å². The molecule has 0 bridgehead atoms. The number of rotatable bonds is 7. The normalized spacial score (nSPS) is 34.0. The van der Waals surface area contributed by atoms with Crippen LogP contribution in [0.15, 0.2) is 57.9 Å². The van der Waals surface area contributed by atoms with E-state index in [9.17, 15) is 45.6 Å². The molecule has 2 aromatic carbocycles. The predicted molar refractivity (Wildman–Crippen MR) is 137 cm³/mol. The lowest BCUT2D eigenvalue weighted by molar-refractivity contribution is -0.323. The molecule has 8 N–H and O–H groups in total. The van der Waals surface area contributed by atoms with Crippen LogP contribution < -0.4 is 10.2 Å². The zero-order valence-corrected chi connectivity index (χ0v) is 21.3. The highest BCUT2D eigenvalue weighted by atomic mass is 16.7. The molecule has 0 unspecified atom stereocenters. The van der Waals surface area contributed by atoms with Crippen LogP contribution >= 0.6 is 0 Å². The summed E-state index contributed by atoms with van der Waals surface area (Å²) in [4.78, 5) is 13.0. The molecule has 2 aliphatic rings. The summed E-state index contributed by atoms with van der Waals surface area (Å²) in [6.45, 7) is -1.18. The number of phenolic OH excluding ortho intramolecular Hbond substituents is 1. The zero-order valence-electron chi connectivity index (χ0n) is 21.3. The molecule has 222 valence electrons. The summed E-state index contributed by atoms with van der Waals surface area (Å²) in [6, 6.07) is 10.3. The van der Waals surface area contributed by atoms with Crippen molar-refractivity contribution in [3.8, 4) is 22.6 Å². The maximum atomic E-state index is 13.0. The van der Waals surface area contributed by atoms with Crippen molar-refractivity contribution in [1.82, 2.24) is 0 Å². The van der Waals surface area contributed by atoms with Crippen molar-refractivity contribution in [3.63, 3.8) is 0 Å². The van der Waals surface area contributed by atoms with Crippen LogP contribution in [-0.2, 0) is 14.2 Å². The number of aliphatic hydroxyl groups is 7. The van der Waals surface area contributed by atoms with E-state index < -0.39 is 74.6 Å². The van der Waals surface area contributed by atoms with Crippen LogP contribution in [0, 0.1) is 0 Å². The molecular weight excluding hydrogens is 548 g/mol. The number of hydrogen-bond acceptors (Lipinski definition) is 14. The smallest absolute Gasteiger partial charge is 0.229 e. The molecule has 2 aliphatic heterocycles. The van der Waals surface area contributed by atoms with Gasteiger partial charge in [0.25, 0.3) is 0 Å². The average Bonchev–Trinajstić information content (AvgIpc) is 2.97. The molecule has 0 radical (unpaired) electrons. The van der Waals surface area contributed by atoms with Crippen molar-refractivity contribution in [2.24, 2.45) is 0 Å². The van der Waals surface area contributed by atoms with E-state index in [2.05, 4.69) is 0 Å². The molecule has 14 nitrogen and oxygen atoms in total. The highest BCUT2D eigenvalue weighted by Crippen LogP contribution is 2.29.